The molecule has 1 heterocycles. The third kappa shape index (κ3) is 4.33. The van der Waals surface area contributed by atoms with Crippen LogP contribution in [0.25, 0.3) is 0 Å². The Morgan fingerprint density at radius 1 is 1.16 bits per heavy atom. The van der Waals surface area contributed by atoms with E-state index in [2.05, 4.69) is 12.2 Å². The van der Waals surface area contributed by atoms with Crippen molar-refractivity contribution in [2.75, 3.05) is 13.6 Å². The van der Waals surface area contributed by atoms with E-state index in [0.717, 1.165) is 37.0 Å². The molecule has 0 bridgehead atoms. The second-order valence-electron chi connectivity index (χ2n) is 7.64. The Labute approximate surface area is 151 Å². The molecule has 0 aromatic rings. The average molecular weight is 351 g/mol. The van der Waals surface area contributed by atoms with Gasteiger partial charge in [-0.05, 0) is 26.2 Å². The highest BCUT2D eigenvalue weighted by molar-refractivity contribution is 6.08. The minimum absolute atomic E-state index is 0.0681. The fraction of sp³-hybridized carbons (Fsp3) is 0.842. The molecule has 4 amide bonds. The summed E-state index contributed by atoms with van der Waals surface area (Å²) in [6, 6.07) is -0.267. The van der Waals surface area contributed by atoms with E-state index < -0.39 is 5.54 Å². The van der Waals surface area contributed by atoms with Crippen LogP contribution in [0.5, 0.6) is 0 Å². The standard InChI is InChI=1S/C19H33N3O3/c1-4-5-6-8-11-15(2)20-16(23)14-22-17(24)19(21(3)18(22)25)12-9-7-10-13-19/h15H,4-14H2,1-3H3,(H,20,23). The Bertz CT molecular complexity index is 500. The molecule has 142 valence electrons. The number of carbonyl (C=O) groups is 3. The first-order chi connectivity index (χ1) is 11.9. The Morgan fingerprint density at radius 3 is 2.48 bits per heavy atom. The van der Waals surface area contributed by atoms with E-state index >= 15 is 0 Å². The van der Waals surface area contributed by atoms with Gasteiger partial charge in [0.25, 0.3) is 5.91 Å². The van der Waals surface area contributed by atoms with Crippen LogP contribution >= 0.6 is 0 Å². The van der Waals surface area contributed by atoms with E-state index in [4.69, 9.17) is 0 Å². The Hall–Kier alpha value is -1.59. The second-order valence-corrected chi connectivity index (χ2v) is 7.64. The number of rotatable bonds is 8. The molecule has 0 aromatic carbocycles. The first-order valence-electron chi connectivity index (χ1n) is 9.81. The lowest BCUT2D eigenvalue weighted by atomic mass is 9.81. The van der Waals surface area contributed by atoms with E-state index in [1.807, 2.05) is 6.92 Å². The van der Waals surface area contributed by atoms with Crippen LogP contribution in [0.15, 0.2) is 0 Å². The zero-order valence-electron chi connectivity index (χ0n) is 16.0. The molecule has 1 spiro atoms. The molecule has 1 saturated heterocycles. The van der Waals surface area contributed by atoms with Crippen molar-refractivity contribution < 1.29 is 14.4 Å². The lowest BCUT2D eigenvalue weighted by molar-refractivity contribution is -0.137. The van der Waals surface area contributed by atoms with Crippen LogP contribution < -0.4 is 5.32 Å². The van der Waals surface area contributed by atoms with Gasteiger partial charge in [-0.25, -0.2) is 4.79 Å². The average Bonchev–Trinajstić information content (AvgIpc) is 2.76. The fourth-order valence-corrected chi connectivity index (χ4v) is 4.08. The molecule has 6 nitrogen and oxygen atoms in total. The minimum Gasteiger partial charge on any atom is -0.352 e. The van der Waals surface area contributed by atoms with Gasteiger partial charge in [0.1, 0.15) is 12.1 Å². The first-order valence-corrected chi connectivity index (χ1v) is 9.81. The molecular weight excluding hydrogens is 318 g/mol. The Morgan fingerprint density at radius 2 is 1.84 bits per heavy atom. The molecule has 2 fully saturated rings. The summed E-state index contributed by atoms with van der Waals surface area (Å²) >= 11 is 0. The van der Waals surface area contributed by atoms with Gasteiger partial charge in [0.2, 0.25) is 5.91 Å². The first kappa shape index (κ1) is 19.7. The molecular formula is C19H33N3O3. The number of amides is 4. The largest absolute Gasteiger partial charge is 0.352 e. The van der Waals surface area contributed by atoms with Crippen LogP contribution in [0.4, 0.5) is 4.79 Å². The van der Waals surface area contributed by atoms with E-state index in [0.29, 0.717) is 12.8 Å². The van der Waals surface area contributed by atoms with Crippen molar-refractivity contribution in [1.82, 2.24) is 15.1 Å². The van der Waals surface area contributed by atoms with Crippen molar-refractivity contribution in [2.24, 2.45) is 0 Å². The van der Waals surface area contributed by atoms with Crippen molar-refractivity contribution in [2.45, 2.75) is 89.6 Å². The number of likely N-dealkylation sites (N-methyl/N-ethyl adjacent to an activating group) is 1. The van der Waals surface area contributed by atoms with Gasteiger partial charge >= 0.3 is 6.03 Å². The summed E-state index contributed by atoms with van der Waals surface area (Å²) in [5.74, 6) is -0.434. The number of nitrogens with one attached hydrogen (secondary N) is 1. The maximum absolute atomic E-state index is 12.9. The topological polar surface area (TPSA) is 69.7 Å². The number of unbranched alkanes of at least 4 members (excludes halogenated alkanes) is 3. The molecule has 1 N–H and O–H groups in total. The summed E-state index contributed by atoms with van der Waals surface area (Å²) in [5.41, 5.74) is -0.707. The molecule has 1 unspecified atom stereocenters. The number of carbonyl (C=O) groups excluding carboxylic acids is 3. The van der Waals surface area contributed by atoms with Gasteiger partial charge < -0.3 is 10.2 Å². The van der Waals surface area contributed by atoms with Gasteiger partial charge in [0.05, 0.1) is 0 Å². The predicted molar refractivity (Wildman–Crippen MR) is 97.1 cm³/mol. The summed E-state index contributed by atoms with van der Waals surface area (Å²) < 4.78 is 0. The van der Waals surface area contributed by atoms with Gasteiger partial charge in [0, 0.05) is 13.1 Å². The maximum Gasteiger partial charge on any atom is 0.327 e. The quantitative estimate of drug-likeness (QED) is 0.540. The van der Waals surface area contributed by atoms with E-state index in [-0.39, 0.29) is 30.4 Å². The van der Waals surface area contributed by atoms with Crippen molar-refractivity contribution in [3.63, 3.8) is 0 Å². The smallest absolute Gasteiger partial charge is 0.327 e. The molecule has 25 heavy (non-hydrogen) atoms. The zero-order valence-corrected chi connectivity index (χ0v) is 16.0. The predicted octanol–water partition coefficient (Wildman–Crippen LogP) is 3.06. The van der Waals surface area contributed by atoms with Crippen LogP contribution in [-0.4, -0.2) is 52.8 Å². The minimum atomic E-state index is -0.707. The number of nitrogens with zero attached hydrogens (tertiary/aromatic N) is 2. The summed E-state index contributed by atoms with van der Waals surface area (Å²) in [6.07, 6.45) is 10.0. The van der Waals surface area contributed by atoms with E-state index in [9.17, 15) is 14.4 Å². The Balaban J connectivity index is 1.88. The van der Waals surface area contributed by atoms with Crippen molar-refractivity contribution >= 4 is 17.8 Å². The van der Waals surface area contributed by atoms with Crippen molar-refractivity contribution in [3.05, 3.63) is 0 Å². The number of urea groups is 1. The van der Waals surface area contributed by atoms with E-state index in [1.54, 1.807) is 11.9 Å². The van der Waals surface area contributed by atoms with Crippen LogP contribution in [-0.2, 0) is 9.59 Å². The van der Waals surface area contributed by atoms with Gasteiger partial charge in [-0.2, -0.15) is 0 Å². The molecule has 1 saturated carbocycles. The molecule has 1 aliphatic heterocycles. The monoisotopic (exact) mass is 351 g/mol. The van der Waals surface area contributed by atoms with Crippen LogP contribution in [0.3, 0.4) is 0 Å². The lowest BCUT2D eigenvalue weighted by Crippen LogP contribution is -2.49. The molecule has 0 radical (unpaired) electrons. The van der Waals surface area contributed by atoms with E-state index in [1.165, 1.54) is 19.3 Å². The highest BCUT2D eigenvalue weighted by atomic mass is 16.2. The third-order valence-electron chi connectivity index (χ3n) is 5.68. The van der Waals surface area contributed by atoms with Gasteiger partial charge in [-0.15, -0.1) is 0 Å². The number of hydrogen-bond acceptors (Lipinski definition) is 3. The number of imide groups is 1. The van der Waals surface area contributed by atoms with Crippen molar-refractivity contribution in [1.29, 1.82) is 0 Å². The zero-order chi connectivity index (χ0) is 18.4. The number of hydrogen-bond donors (Lipinski definition) is 1. The normalized spacial score (nSPS) is 21.1. The van der Waals surface area contributed by atoms with Gasteiger partial charge in [-0.1, -0.05) is 51.9 Å². The summed E-state index contributed by atoms with van der Waals surface area (Å²) in [4.78, 5) is 40.4. The molecule has 0 aromatic heterocycles. The third-order valence-corrected chi connectivity index (χ3v) is 5.68. The lowest BCUT2D eigenvalue weighted by Gasteiger charge is -2.35. The molecule has 1 atom stereocenters. The highest BCUT2D eigenvalue weighted by Gasteiger charge is 2.55. The van der Waals surface area contributed by atoms with Gasteiger partial charge in [-0.3, -0.25) is 14.5 Å². The van der Waals surface area contributed by atoms with Crippen LogP contribution in [0.2, 0.25) is 0 Å². The molecule has 2 aliphatic rings. The Kier molecular flexibility index (Phi) is 6.85. The van der Waals surface area contributed by atoms with Gasteiger partial charge in [0.15, 0.2) is 0 Å². The fourth-order valence-electron chi connectivity index (χ4n) is 4.08. The van der Waals surface area contributed by atoms with Crippen LogP contribution in [0.1, 0.15) is 78.1 Å². The highest BCUT2D eigenvalue weighted by Crippen LogP contribution is 2.39. The summed E-state index contributed by atoms with van der Waals surface area (Å²) in [7, 11) is 1.69. The van der Waals surface area contributed by atoms with Crippen LogP contribution in [0, 0.1) is 0 Å². The van der Waals surface area contributed by atoms with Crippen molar-refractivity contribution in [3.8, 4) is 0 Å². The molecule has 1 aliphatic carbocycles. The second kappa shape index (κ2) is 8.68. The SMILES string of the molecule is CCCCCCC(C)NC(=O)CN1C(=O)N(C)C2(CCCCC2)C1=O. The molecule has 2 rings (SSSR count). The summed E-state index contributed by atoms with van der Waals surface area (Å²) in [6.45, 7) is 3.99. The maximum atomic E-state index is 12.9. The molecule has 6 heteroatoms. The summed E-state index contributed by atoms with van der Waals surface area (Å²) in [5, 5.41) is 2.93.